The van der Waals surface area contributed by atoms with Crippen molar-refractivity contribution in [2.24, 2.45) is 0 Å². The van der Waals surface area contributed by atoms with Crippen molar-refractivity contribution in [3.8, 4) is 28.4 Å². The van der Waals surface area contributed by atoms with Crippen molar-refractivity contribution in [1.29, 1.82) is 0 Å². The van der Waals surface area contributed by atoms with Gasteiger partial charge < -0.3 is 29.3 Å². The number of carbonyl (C=O) groups is 3. The van der Waals surface area contributed by atoms with Crippen LogP contribution in [0.3, 0.4) is 0 Å². The van der Waals surface area contributed by atoms with Crippen molar-refractivity contribution in [3.63, 3.8) is 0 Å². The van der Waals surface area contributed by atoms with E-state index in [1.807, 2.05) is 43.3 Å². The first-order chi connectivity index (χ1) is 20.3. The number of carbonyl (C=O) groups excluding carboxylic acids is 3. The number of benzene rings is 2. The summed E-state index contributed by atoms with van der Waals surface area (Å²) in [7, 11) is 4.73. The van der Waals surface area contributed by atoms with Crippen LogP contribution in [0.15, 0.2) is 36.4 Å². The summed E-state index contributed by atoms with van der Waals surface area (Å²) in [6, 6.07) is 11.1. The van der Waals surface area contributed by atoms with Gasteiger partial charge in [0.15, 0.2) is 11.5 Å². The summed E-state index contributed by atoms with van der Waals surface area (Å²) >= 11 is 0. The van der Waals surface area contributed by atoms with E-state index in [4.69, 9.17) is 14.2 Å². The van der Waals surface area contributed by atoms with Gasteiger partial charge in [-0.1, -0.05) is 63.8 Å². The van der Waals surface area contributed by atoms with Crippen molar-refractivity contribution in [1.82, 2.24) is 15.1 Å². The van der Waals surface area contributed by atoms with Crippen LogP contribution < -0.4 is 19.5 Å². The lowest BCUT2D eigenvalue weighted by Crippen LogP contribution is -2.62. The Morgan fingerprint density at radius 2 is 1.57 bits per heavy atom. The summed E-state index contributed by atoms with van der Waals surface area (Å²) in [5.41, 5.74) is 2.76. The minimum Gasteiger partial charge on any atom is -0.493 e. The molecule has 0 aromatic heterocycles. The van der Waals surface area contributed by atoms with E-state index in [2.05, 4.69) is 19.2 Å². The molecular weight excluding hydrogens is 534 g/mol. The van der Waals surface area contributed by atoms with Gasteiger partial charge in [0.25, 0.3) is 0 Å². The molecule has 0 radical (unpaired) electrons. The third-order valence-corrected chi connectivity index (χ3v) is 7.74. The average molecular weight is 582 g/mol. The summed E-state index contributed by atoms with van der Waals surface area (Å²) in [6.45, 7) is 6.52. The smallest absolute Gasteiger partial charge is 0.246 e. The SMILES string of the molecule is CCCCCC(C)NC(=O)CN1CC(=O)N(CCCC)[C@H](Cc2ccc(-c3cc(OC)c(OC)c(OC)c3)cc2)C1=O. The number of nitrogens with zero attached hydrogens (tertiary/aromatic N) is 2. The maximum atomic E-state index is 13.7. The fourth-order valence-corrected chi connectivity index (χ4v) is 5.36. The second kappa shape index (κ2) is 16.0. The fraction of sp³-hybridized carbons (Fsp3) is 0.545. The van der Waals surface area contributed by atoms with E-state index >= 15 is 0 Å². The monoisotopic (exact) mass is 581 g/mol. The molecule has 1 unspecified atom stereocenters. The highest BCUT2D eigenvalue weighted by molar-refractivity contribution is 5.97. The van der Waals surface area contributed by atoms with Gasteiger partial charge in [0.05, 0.1) is 21.3 Å². The van der Waals surface area contributed by atoms with Crippen molar-refractivity contribution in [2.75, 3.05) is 41.0 Å². The third kappa shape index (κ3) is 8.39. The molecule has 0 bridgehead atoms. The Kier molecular flexibility index (Phi) is 12.5. The average Bonchev–Trinajstić information content (AvgIpc) is 2.98. The van der Waals surface area contributed by atoms with Crippen molar-refractivity contribution in [3.05, 3.63) is 42.0 Å². The minimum atomic E-state index is -0.653. The Hall–Kier alpha value is -3.75. The largest absolute Gasteiger partial charge is 0.493 e. The van der Waals surface area contributed by atoms with Gasteiger partial charge in [-0.3, -0.25) is 14.4 Å². The van der Waals surface area contributed by atoms with Crippen LogP contribution in [0.5, 0.6) is 17.2 Å². The number of piperazine rings is 1. The Morgan fingerprint density at radius 1 is 0.929 bits per heavy atom. The van der Waals surface area contributed by atoms with E-state index in [1.54, 1.807) is 26.2 Å². The molecule has 9 heteroatoms. The van der Waals surface area contributed by atoms with Crippen LogP contribution >= 0.6 is 0 Å². The van der Waals surface area contributed by atoms with Crippen LogP contribution in [0.4, 0.5) is 0 Å². The first-order valence-electron chi connectivity index (χ1n) is 15.0. The quantitative estimate of drug-likeness (QED) is 0.285. The van der Waals surface area contributed by atoms with Crippen LogP contribution in [-0.4, -0.2) is 80.6 Å². The van der Waals surface area contributed by atoms with Crippen molar-refractivity contribution >= 4 is 17.7 Å². The van der Waals surface area contributed by atoms with Gasteiger partial charge in [0.2, 0.25) is 23.5 Å². The van der Waals surface area contributed by atoms with Crippen molar-refractivity contribution < 1.29 is 28.6 Å². The molecule has 0 spiro atoms. The summed E-state index contributed by atoms with van der Waals surface area (Å²) in [5.74, 6) is 1.12. The Bertz CT molecular complexity index is 1170. The zero-order chi connectivity index (χ0) is 30.6. The number of hydrogen-bond acceptors (Lipinski definition) is 6. The van der Waals surface area contributed by atoms with Crippen LogP contribution in [0, 0.1) is 0 Å². The molecule has 2 aromatic carbocycles. The van der Waals surface area contributed by atoms with Crippen molar-refractivity contribution in [2.45, 2.75) is 77.8 Å². The summed E-state index contributed by atoms with van der Waals surface area (Å²) in [5, 5.41) is 2.99. The molecule has 1 heterocycles. The Balaban J connectivity index is 1.77. The first kappa shape index (κ1) is 32.8. The second-order valence-electron chi connectivity index (χ2n) is 10.9. The first-order valence-corrected chi connectivity index (χ1v) is 15.0. The molecule has 0 aliphatic carbocycles. The maximum absolute atomic E-state index is 13.7. The van der Waals surface area contributed by atoms with E-state index in [0.717, 1.165) is 55.2 Å². The second-order valence-corrected chi connectivity index (χ2v) is 10.9. The van der Waals surface area contributed by atoms with Crippen LogP contribution in [-0.2, 0) is 20.8 Å². The molecule has 0 saturated carbocycles. The highest BCUT2D eigenvalue weighted by Crippen LogP contribution is 2.41. The van der Waals surface area contributed by atoms with Crippen LogP contribution in [0.1, 0.15) is 64.9 Å². The molecule has 9 nitrogen and oxygen atoms in total. The number of methoxy groups -OCH3 is 3. The predicted molar refractivity (Wildman–Crippen MR) is 164 cm³/mol. The summed E-state index contributed by atoms with van der Waals surface area (Å²) < 4.78 is 16.4. The standard InChI is InChI=1S/C33H47N3O6/c1-7-9-11-12-23(3)34-30(37)21-35-22-31(38)36(17-10-8-2)27(33(35)39)18-24-13-15-25(16-14-24)26-19-28(40-4)32(42-6)29(20-26)41-5/h13-16,19-20,23,27H,7-12,17-18,21-22H2,1-6H3,(H,34,37)/t23?,27-/m1/s1. The number of nitrogens with one attached hydrogen (secondary N) is 1. The van der Waals surface area contributed by atoms with Gasteiger partial charge in [-0.05, 0) is 48.6 Å². The van der Waals surface area contributed by atoms with Crippen LogP contribution in [0.2, 0.25) is 0 Å². The van der Waals surface area contributed by atoms with Gasteiger partial charge >= 0.3 is 0 Å². The zero-order valence-electron chi connectivity index (χ0n) is 26.0. The molecule has 3 amide bonds. The lowest BCUT2D eigenvalue weighted by molar-refractivity contribution is -0.157. The molecule has 230 valence electrons. The normalized spacial score (nSPS) is 15.9. The van der Waals surface area contributed by atoms with Gasteiger partial charge in [-0.2, -0.15) is 0 Å². The number of unbranched alkanes of at least 4 members (excludes halogenated alkanes) is 3. The number of amides is 3. The molecule has 1 aliphatic heterocycles. The van der Waals surface area contributed by atoms with E-state index in [9.17, 15) is 14.4 Å². The topological polar surface area (TPSA) is 97.4 Å². The van der Waals surface area contributed by atoms with E-state index in [-0.39, 0.29) is 36.9 Å². The zero-order valence-corrected chi connectivity index (χ0v) is 26.0. The summed E-state index contributed by atoms with van der Waals surface area (Å²) in [6.07, 6.45) is 6.28. The van der Waals surface area contributed by atoms with E-state index in [1.165, 1.54) is 4.90 Å². The minimum absolute atomic E-state index is 0.0284. The lowest BCUT2D eigenvalue weighted by Gasteiger charge is -2.40. The molecule has 3 rings (SSSR count). The Labute approximate surface area is 250 Å². The van der Waals surface area contributed by atoms with Gasteiger partial charge in [-0.15, -0.1) is 0 Å². The van der Waals surface area contributed by atoms with Gasteiger partial charge in [-0.25, -0.2) is 0 Å². The van der Waals surface area contributed by atoms with E-state index < -0.39 is 6.04 Å². The van der Waals surface area contributed by atoms with Gasteiger partial charge in [0, 0.05) is 19.0 Å². The van der Waals surface area contributed by atoms with Gasteiger partial charge in [0.1, 0.15) is 19.1 Å². The molecular formula is C33H47N3O6. The lowest BCUT2D eigenvalue weighted by atomic mass is 9.97. The molecule has 1 aliphatic rings. The Morgan fingerprint density at radius 3 is 2.14 bits per heavy atom. The molecule has 1 N–H and O–H groups in total. The number of rotatable bonds is 16. The number of ether oxygens (including phenoxy) is 3. The number of hydrogen-bond donors (Lipinski definition) is 1. The third-order valence-electron chi connectivity index (χ3n) is 7.74. The maximum Gasteiger partial charge on any atom is 0.246 e. The summed E-state index contributed by atoms with van der Waals surface area (Å²) in [4.78, 5) is 42.8. The molecule has 42 heavy (non-hydrogen) atoms. The highest BCUT2D eigenvalue weighted by atomic mass is 16.5. The molecule has 2 atom stereocenters. The molecule has 1 fully saturated rings. The molecule has 1 saturated heterocycles. The predicted octanol–water partition coefficient (Wildman–Crippen LogP) is 4.85. The van der Waals surface area contributed by atoms with E-state index in [0.29, 0.717) is 30.2 Å². The van der Waals surface area contributed by atoms with Crippen LogP contribution in [0.25, 0.3) is 11.1 Å². The highest BCUT2D eigenvalue weighted by Gasteiger charge is 2.39. The fourth-order valence-electron chi connectivity index (χ4n) is 5.36. The molecule has 2 aromatic rings.